The van der Waals surface area contributed by atoms with E-state index in [1.807, 2.05) is 6.92 Å². The number of hydrogen-bond donors (Lipinski definition) is 0. The maximum atomic E-state index is 11.8. The van der Waals surface area contributed by atoms with Gasteiger partial charge in [-0.15, -0.1) is 0 Å². The molecular weight excluding hydrogens is 257 g/mol. The van der Waals surface area contributed by atoms with Crippen molar-refractivity contribution in [3.05, 3.63) is 22.7 Å². The predicted molar refractivity (Wildman–Crippen MR) is 56.7 cm³/mol. The van der Waals surface area contributed by atoms with Gasteiger partial charge in [-0.1, -0.05) is 24.9 Å². The van der Waals surface area contributed by atoms with E-state index in [-0.39, 0.29) is 17.6 Å². The van der Waals surface area contributed by atoms with Crippen molar-refractivity contribution in [3.63, 3.8) is 0 Å². The molecule has 0 aliphatic heterocycles. The Labute approximate surface area is 102 Å². The van der Waals surface area contributed by atoms with Gasteiger partial charge >= 0.3 is 6.18 Å². The standard InChI is InChI=1S/C10H12ClF3N2O/c1-2-3-7-4-8(11)16-9(15-7)5-17-6-10(12,13)14/h4H,2-3,5-6H2,1H3. The van der Waals surface area contributed by atoms with E-state index >= 15 is 0 Å². The molecule has 0 saturated heterocycles. The van der Waals surface area contributed by atoms with Crippen molar-refractivity contribution in [1.29, 1.82) is 0 Å². The summed E-state index contributed by atoms with van der Waals surface area (Å²) < 4.78 is 40.0. The van der Waals surface area contributed by atoms with E-state index in [1.54, 1.807) is 6.07 Å². The quantitative estimate of drug-likeness (QED) is 0.770. The van der Waals surface area contributed by atoms with Crippen molar-refractivity contribution in [1.82, 2.24) is 9.97 Å². The molecule has 96 valence electrons. The minimum absolute atomic E-state index is 0.171. The fourth-order valence-electron chi connectivity index (χ4n) is 1.22. The van der Waals surface area contributed by atoms with Gasteiger partial charge in [-0.05, 0) is 12.5 Å². The number of rotatable bonds is 5. The van der Waals surface area contributed by atoms with Gasteiger partial charge in [0.05, 0.1) is 0 Å². The topological polar surface area (TPSA) is 35.0 Å². The van der Waals surface area contributed by atoms with Gasteiger partial charge < -0.3 is 4.74 Å². The second-order valence-corrected chi connectivity index (χ2v) is 3.84. The van der Waals surface area contributed by atoms with Gasteiger partial charge in [-0.2, -0.15) is 13.2 Å². The van der Waals surface area contributed by atoms with Gasteiger partial charge in [-0.3, -0.25) is 0 Å². The average Bonchev–Trinajstić information content (AvgIpc) is 2.15. The number of ether oxygens (including phenoxy) is 1. The zero-order chi connectivity index (χ0) is 12.9. The maximum Gasteiger partial charge on any atom is 0.411 e. The van der Waals surface area contributed by atoms with Crippen molar-refractivity contribution in [2.45, 2.75) is 32.5 Å². The highest BCUT2D eigenvalue weighted by Crippen LogP contribution is 2.15. The minimum Gasteiger partial charge on any atom is -0.364 e. The molecule has 1 rings (SSSR count). The summed E-state index contributed by atoms with van der Waals surface area (Å²) in [6.45, 7) is 0.360. The molecule has 0 unspecified atom stereocenters. The summed E-state index contributed by atoms with van der Waals surface area (Å²) in [6, 6.07) is 1.60. The molecule has 1 heterocycles. The third-order valence-electron chi connectivity index (χ3n) is 1.80. The smallest absolute Gasteiger partial charge is 0.364 e. The van der Waals surface area contributed by atoms with Crippen molar-refractivity contribution < 1.29 is 17.9 Å². The summed E-state index contributed by atoms with van der Waals surface area (Å²) in [4.78, 5) is 7.85. The largest absolute Gasteiger partial charge is 0.411 e. The first-order chi connectivity index (χ1) is 7.90. The van der Waals surface area contributed by atoms with Crippen molar-refractivity contribution in [3.8, 4) is 0 Å². The summed E-state index contributed by atoms with van der Waals surface area (Å²) in [5, 5.41) is 0.217. The van der Waals surface area contributed by atoms with Crippen molar-refractivity contribution in [2.24, 2.45) is 0 Å². The Morgan fingerprint density at radius 2 is 2.06 bits per heavy atom. The van der Waals surface area contributed by atoms with Crippen LogP contribution in [-0.2, 0) is 17.8 Å². The van der Waals surface area contributed by atoms with E-state index in [2.05, 4.69) is 14.7 Å². The number of aryl methyl sites for hydroxylation is 1. The molecule has 3 nitrogen and oxygen atoms in total. The van der Waals surface area contributed by atoms with E-state index in [4.69, 9.17) is 11.6 Å². The monoisotopic (exact) mass is 268 g/mol. The molecule has 7 heteroatoms. The third-order valence-corrected chi connectivity index (χ3v) is 1.99. The molecule has 1 aromatic rings. The first kappa shape index (κ1) is 14.2. The summed E-state index contributed by atoms with van der Waals surface area (Å²) in [7, 11) is 0. The Kier molecular flexibility index (Phi) is 5.14. The van der Waals surface area contributed by atoms with E-state index in [0.717, 1.165) is 6.42 Å². The lowest BCUT2D eigenvalue weighted by Crippen LogP contribution is -2.17. The molecule has 17 heavy (non-hydrogen) atoms. The van der Waals surface area contributed by atoms with Crippen LogP contribution in [0.1, 0.15) is 24.9 Å². The highest BCUT2D eigenvalue weighted by molar-refractivity contribution is 6.29. The second-order valence-electron chi connectivity index (χ2n) is 3.46. The molecule has 0 N–H and O–H groups in total. The third kappa shape index (κ3) is 5.83. The van der Waals surface area contributed by atoms with Gasteiger partial charge in [0, 0.05) is 5.69 Å². The molecule has 0 radical (unpaired) electrons. The van der Waals surface area contributed by atoms with Gasteiger partial charge in [0.2, 0.25) is 0 Å². The Morgan fingerprint density at radius 1 is 1.35 bits per heavy atom. The van der Waals surface area contributed by atoms with E-state index in [1.165, 1.54) is 0 Å². The zero-order valence-electron chi connectivity index (χ0n) is 9.22. The number of hydrogen-bond acceptors (Lipinski definition) is 3. The number of alkyl halides is 3. The Bertz CT molecular complexity index is 371. The second kappa shape index (κ2) is 6.16. The van der Waals surface area contributed by atoms with Crippen LogP contribution >= 0.6 is 11.6 Å². The van der Waals surface area contributed by atoms with E-state index < -0.39 is 12.8 Å². The summed E-state index contributed by atoms with van der Waals surface area (Å²) >= 11 is 5.73. The highest BCUT2D eigenvalue weighted by Gasteiger charge is 2.27. The molecule has 0 bridgehead atoms. The summed E-state index contributed by atoms with van der Waals surface area (Å²) in [5.74, 6) is 0.171. The molecule has 0 fully saturated rings. The molecule has 0 amide bonds. The van der Waals surface area contributed by atoms with E-state index in [0.29, 0.717) is 12.1 Å². The molecule has 0 spiro atoms. The van der Waals surface area contributed by atoms with Crippen LogP contribution in [0.2, 0.25) is 5.15 Å². The van der Waals surface area contributed by atoms with Crippen LogP contribution in [0.5, 0.6) is 0 Å². The lowest BCUT2D eigenvalue weighted by Gasteiger charge is -2.07. The van der Waals surface area contributed by atoms with Crippen LogP contribution in [-0.4, -0.2) is 22.8 Å². The molecule has 1 aromatic heterocycles. The SMILES string of the molecule is CCCc1cc(Cl)nc(COCC(F)(F)F)n1. The number of halogens is 4. The molecule has 0 saturated carbocycles. The fraction of sp³-hybridized carbons (Fsp3) is 0.600. The van der Waals surface area contributed by atoms with Crippen molar-refractivity contribution in [2.75, 3.05) is 6.61 Å². The van der Waals surface area contributed by atoms with Crippen molar-refractivity contribution >= 4 is 11.6 Å². The minimum atomic E-state index is -4.34. The first-order valence-electron chi connectivity index (χ1n) is 5.07. The normalized spacial score (nSPS) is 11.8. The van der Waals surface area contributed by atoms with Gasteiger partial charge in [0.1, 0.15) is 18.4 Å². The number of nitrogens with zero attached hydrogens (tertiary/aromatic N) is 2. The van der Waals surface area contributed by atoms with E-state index in [9.17, 15) is 13.2 Å². The van der Waals surface area contributed by atoms with Crippen LogP contribution in [0.3, 0.4) is 0 Å². The van der Waals surface area contributed by atoms with Gasteiger partial charge in [0.25, 0.3) is 0 Å². The maximum absolute atomic E-state index is 11.8. The first-order valence-corrected chi connectivity index (χ1v) is 5.45. The molecule has 0 aliphatic carbocycles. The average molecular weight is 269 g/mol. The zero-order valence-corrected chi connectivity index (χ0v) is 9.98. The Balaban J connectivity index is 2.58. The molecule has 0 aliphatic rings. The molecule has 0 atom stereocenters. The van der Waals surface area contributed by atoms with Crippen LogP contribution < -0.4 is 0 Å². The summed E-state index contributed by atoms with van der Waals surface area (Å²) in [5.41, 5.74) is 0.707. The summed E-state index contributed by atoms with van der Waals surface area (Å²) in [6.07, 6.45) is -2.77. The fourth-order valence-corrected chi connectivity index (χ4v) is 1.45. The van der Waals surface area contributed by atoms with Crippen LogP contribution in [0.4, 0.5) is 13.2 Å². The molecule has 0 aromatic carbocycles. The predicted octanol–water partition coefficient (Wildman–Crippen LogP) is 3.16. The lowest BCUT2D eigenvalue weighted by atomic mass is 10.2. The Hall–Kier alpha value is -0.880. The van der Waals surface area contributed by atoms with Gasteiger partial charge in [-0.25, -0.2) is 9.97 Å². The molecular formula is C10H12ClF3N2O. The van der Waals surface area contributed by atoms with Crippen LogP contribution in [0.25, 0.3) is 0 Å². The van der Waals surface area contributed by atoms with Crippen LogP contribution in [0, 0.1) is 0 Å². The highest BCUT2D eigenvalue weighted by atomic mass is 35.5. The van der Waals surface area contributed by atoms with Gasteiger partial charge in [0.15, 0.2) is 5.82 Å². The number of aromatic nitrogens is 2. The lowest BCUT2D eigenvalue weighted by molar-refractivity contribution is -0.177. The Morgan fingerprint density at radius 3 is 2.65 bits per heavy atom. The van der Waals surface area contributed by atoms with Crippen LogP contribution in [0.15, 0.2) is 6.07 Å².